The van der Waals surface area contributed by atoms with Gasteiger partial charge in [-0.3, -0.25) is 0 Å². The van der Waals surface area contributed by atoms with Crippen LogP contribution in [-0.2, 0) is 0 Å². The molecule has 6 heteroatoms. The van der Waals surface area contributed by atoms with Gasteiger partial charge >= 0.3 is 0 Å². The van der Waals surface area contributed by atoms with Gasteiger partial charge in [-0.2, -0.15) is 4.99 Å². The Morgan fingerprint density at radius 3 is 2.50 bits per heavy atom. The number of halogens is 1. The number of likely N-dealkylation sites (tertiary alicyclic amines) is 1. The predicted octanol–water partition coefficient (Wildman–Crippen LogP) is 3.32. The number of ether oxygens (including phenoxy) is 1. The van der Waals surface area contributed by atoms with Gasteiger partial charge < -0.3 is 9.64 Å². The van der Waals surface area contributed by atoms with Crippen molar-refractivity contribution in [2.45, 2.75) is 37.8 Å². The first-order valence-corrected chi connectivity index (χ1v) is 10.1. The highest BCUT2D eigenvalue weighted by Crippen LogP contribution is 2.44. The second-order valence-corrected chi connectivity index (χ2v) is 8.95. The lowest BCUT2D eigenvalue weighted by molar-refractivity contribution is -0.855. The lowest BCUT2D eigenvalue weighted by atomic mass is 10.0. The van der Waals surface area contributed by atoms with Crippen molar-refractivity contribution in [3.8, 4) is 5.75 Å². The Kier molecular flexibility index (Phi) is 4.76. The third-order valence-corrected chi connectivity index (χ3v) is 6.95. The van der Waals surface area contributed by atoms with Gasteiger partial charge in [-0.25, -0.2) is 8.97 Å². The van der Waals surface area contributed by atoms with Crippen LogP contribution in [0.3, 0.4) is 0 Å². The monoisotopic (exact) mass is 378 g/mol. The Hall–Kier alpha value is -1.14. The summed E-state index contributed by atoms with van der Waals surface area (Å²) < 4.78 is 7.24. The molecule has 0 amide bonds. The number of hydrogen-bond donors (Lipinski definition) is 0. The second-order valence-electron chi connectivity index (χ2n) is 8.55. The summed E-state index contributed by atoms with van der Waals surface area (Å²) in [6.07, 6.45) is 7.28. The molecule has 3 aliphatic rings. The van der Waals surface area contributed by atoms with Crippen LogP contribution in [0.25, 0.3) is 0 Å². The summed E-state index contributed by atoms with van der Waals surface area (Å²) in [7, 11) is 6.27. The summed E-state index contributed by atoms with van der Waals surface area (Å²) in [5.41, 5.74) is 1.28. The van der Waals surface area contributed by atoms with Crippen LogP contribution in [0.2, 0.25) is 5.02 Å². The maximum atomic E-state index is 6.49. The minimum Gasteiger partial charge on any atom is -0.495 e. The first-order chi connectivity index (χ1) is 12.5. The van der Waals surface area contributed by atoms with Crippen LogP contribution in [0.4, 0.5) is 5.69 Å². The van der Waals surface area contributed by atoms with E-state index >= 15 is 0 Å². The number of methoxy groups -OCH3 is 1. The van der Waals surface area contributed by atoms with E-state index in [-0.39, 0.29) is 0 Å². The molecule has 5 nitrogen and oxygen atoms in total. The van der Waals surface area contributed by atoms with E-state index in [1.165, 1.54) is 44.5 Å². The Morgan fingerprint density at radius 2 is 1.88 bits per heavy atom. The summed E-state index contributed by atoms with van der Waals surface area (Å²) >= 11 is 6.49. The van der Waals surface area contributed by atoms with E-state index in [4.69, 9.17) is 21.3 Å². The van der Waals surface area contributed by atoms with Crippen LogP contribution in [0, 0.1) is 0 Å². The summed E-state index contributed by atoms with van der Waals surface area (Å²) in [6.45, 7) is 4.27. The molecule has 1 aliphatic carbocycles. The van der Waals surface area contributed by atoms with Crippen molar-refractivity contribution < 1.29 is 9.22 Å². The molecular formula is C20H31ClN4O+2. The zero-order valence-electron chi connectivity index (χ0n) is 16.2. The average Bonchev–Trinajstić information content (AvgIpc) is 3.47. The largest absolute Gasteiger partial charge is 0.495 e. The second kappa shape index (κ2) is 6.79. The molecule has 0 bridgehead atoms. The summed E-state index contributed by atoms with van der Waals surface area (Å²) in [6, 6.07) is 7.64. The highest BCUT2D eigenvalue weighted by molar-refractivity contribution is 6.32. The Balaban J connectivity index is 1.66. The lowest BCUT2D eigenvalue weighted by Crippen LogP contribution is -2.69. The number of aliphatic imine (C=N–C) groups is 1. The van der Waals surface area contributed by atoms with E-state index < -0.39 is 0 Å². The molecule has 142 valence electrons. The molecule has 1 saturated carbocycles. The van der Waals surface area contributed by atoms with Gasteiger partial charge in [0.15, 0.2) is 13.0 Å². The quantitative estimate of drug-likeness (QED) is 0.751. The normalized spacial score (nSPS) is 33.4. The number of hydrogen-bond acceptors (Lipinski definition) is 3. The highest BCUT2D eigenvalue weighted by atomic mass is 35.5. The molecule has 2 atom stereocenters. The molecule has 1 aromatic rings. The first-order valence-electron chi connectivity index (χ1n) is 9.72. The van der Waals surface area contributed by atoms with Gasteiger partial charge in [-0.05, 0) is 13.1 Å². The van der Waals surface area contributed by atoms with E-state index in [0.29, 0.717) is 17.1 Å². The van der Waals surface area contributed by atoms with Crippen LogP contribution in [0.5, 0.6) is 5.75 Å². The molecule has 0 N–H and O–H groups in total. The molecule has 2 heterocycles. The third-order valence-electron chi connectivity index (χ3n) is 6.65. The van der Waals surface area contributed by atoms with E-state index in [9.17, 15) is 0 Å². The average molecular weight is 379 g/mol. The third kappa shape index (κ3) is 3.15. The lowest BCUT2D eigenvalue weighted by Gasteiger charge is -2.49. The maximum absolute atomic E-state index is 6.49. The Labute approximate surface area is 162 Å². The number of benzene rings is 1. The minimum absolute atomic E-state index is 0.653. The van der Waals surface area contributed by atoms with Crippen molar-refractivity contribution >= 4 is 23.6 Å². The zero-order valence-corrected chi connectivity index (χ0v) is 17.0. The van der Waals surface area contributed by atoms with Crippen molar-refractivity contribution in [3.05, 3.63) is 23.2 Å². The smallest absolute Gasteiger partial charge is 0.219 e. The molecule has 0 radical (unpaired) electrons. The molecule has 0 aromatic heterocycles. The van der Waals surface area contributed by atoms with Crippen LogP contribution in [0.1, 0.15) is 25.7 Å². The minimum atomic E-state index is 0.653. The summed E-state index contributed by atoms with van der Waals surface area (Å²) in [5, 5.41) is 0.700. The fraction of sp³-hybridized carbons (Fsp3) is 0.650. The van der Waals surface area contributed by atoms with Gasteiger partial charge in [-0.1, -0.05) is 11.6 Å². The van der Waals surface area contributed by atoms with Gasteiger partial charge in [0.05, 0.1) is 19.2 Å². The molecular weight excluding hydrogens is 348 g/mol. The molecule has 4 rings (SSSR count). The van der Waals surface area contributed by atoms with Crippen molar-refractivity contribution in [1.29, 1.82) is 0 Å². The highest BCUT2D eigenvalue weighted by Gasteiger charge is 2.54. The maximum Gasteiger partial charge on any atom is 0.219 e. The topological polar surface area (TPSA) is 24.8 Å². The van der Waals surface area contributed by atoms with E-state index in [1.54, 1.807) is 7.11 Å². The summed E-state index contributed by atoms with van der Waals surface area (Å²) in [4.78, 5) is 7.36. The summed E-state index contributed by atoms with van der Waals surface area (Å²) in [5.74, 6) is 0.748. The van der Waals surface area contributed by atoms with Gasteiger partial charge in [0.2, 0.25) is 6.67 Å². The van der Waals surface area contributed by atoms with Crippen molar-refractivity contribution in [2.75, 3.05) is 47.6 Å². The van der Waals surface area contributed by atoms with Crippen LogP contribution >= 0.6 is 11.6 Å². The predicted molar refractivity (Wildman–Crippen MR) is 108 cm³/mol. The SMILES string of the molecule is COc1ccc([N+]2(C3CC3)CN=C[N+](C)(C3CCN(C)CC3)C2)cc1Cl. The molecule has 2 aliphatic heterocycles. The molecule has 1 saturated heterocycles. The van der Waals surface area contributed by atoms with Crippen molar-refractivity contribution in [1.82, 2.24) is 9.38 Å². The standard InChI is InChI=1S/C20H31ClN4O/c1-23-10-8-16(9-11-23)24(2)13-22-14-25(15-24,17-4-5-17)18-6-7-20(26-3)19(21)12-18/h6-7,12-13,16-17H,4-5,8-11,14-15H2,1-3H3/q+2. The fourth-order valence-corrected chi connectivity index (χ4v) is 5.15. The van der Waals surface area contributed by atoms with Crippen LogP contribution < -0.4 is 9.22 Å². The number of nitrogens with zero attached hydrogens (tertiary/aromatic N) is 4. The van der Waals surface area contributed by atoms with Gasteiger partial charge in [0, 0.05) is 50.9 Å². The van der Waals surface area contributed by atoms with Crippen molar-refractivity contribution in [2.24, 2.45) is 4.99 Å². The molecule has 26 heavy (non-hydrogen) atoms. The van der Waals surface area contributed by atoms with E-state index in [2.05, 4.69) is 37.5 Å². The van der Waals surface area contributed by atoms with E-state index in [1.807, 2.05) is 6.07 Å². The Bertz CT molecular complexity index is 699. The molecule has 2 fully saturated rings. The Morgan fingerprint density at radius 1 is 1.15 bits per heavy atom. The van der Waals surface area contributed by atoms with Crippen molar-refractivity contribution in [3.63, 3.8) is 0 Å². The number of quaternary nitrogens is 2. The zero-order chi connectivity index (χ0) is 18.4. The molecule has 1 aromatic carbocycles. The van der Waals surface area contributed by atoms with Gasteiger partial charge in [0.25, 0.3) is 0 Å². The van der Waals surface area contributed by atoms with Gasteiger partial charge in [-0.15, -0.1) is 0 Å². The molecule has 0 spiro atoms. The number of rotatable bonds is 4. The fourth-order valence-electron chi connectivity index (χ4n) is 4.89. The van der Waals surface area contributed by atoms with E-state index in [0.717, 1.165) is 28.1 Å². The van der Waals surface area contributed by atoms with Gasteiger partial charge in [0.1, 0.15) is 23.5 Å². The molecule has 2 unspecified atom stereocenters. The number of piperidine rings is 1. The van der Waals surface area contributed by atoms with Crippen LogP contribution in [0.15, 0.2) is 23.2 Å². The first kappa shape index (κ1) is 18.2. The van der Waals surface area contributed by atoms with Crippen LogP contribution in [-0.4, -0.2) is 75.4 Å².